The van der Waals surface area contributed by atoms with Crippen LogP contribution in [0, 0.1) is 0 Å². The summed E-state index contributed by atoms with van der Waals surface area (Å²) in [4.78, 5) is 1.89. The van der Waals surface area contributed by atoms with Crippen LogP contribution < -0.4 is 15.4 Å². The van der Waals surface area contributed by atoms with Crippen molar-refractivity contribution in [3.05, 3.63) is 23.8 Å². The van der Waals surface area contributed by atoms with E-state index < -0.39 is 9.84 Å². The predicted molar refractivity (Wildman–Crippen MR) is 78.6 cm³/mol. The molecule has 0 aliphatic rings. The van der Waals surface area contributed by atoms with Gasteiger partial charge in [0, 0.05) is 37.1 Å². The Hall–Kier alpha value is -1.27. The number of rotatable bonds is 6. The molecule has 0 aliphatic heterocycles. The van der Waals surface area contributed by atoms with Gasteiger partial charge in [0.2, 0.25) is 0 Å². The molecule has 1 aromatic rings. The molecule has 19 heavy (non-hydrogen) atoms. The molecule has 0 aromatic heterocycles. The molecule has 0 aliphatic carbocycles. The van der Waals surface area contributed by atoms with Crippen molar-refractivity contribution in [1.82, 2.24) is 0 Å². The Bertz CT molecular complexity index is 527. The largest absolute Gasteiger partial charge is 0.496 e. The van der Waals surface area contributed by atoms with Gasteiger partial charge in [-0.2, -0.15) is 0 Å². The SMILES string of the molecule is COc1cccc(N(C)CCS(C)(=O)=O)c1[C@@H](C)N. The first-order valence-electron chi connectivity index (χ1n) is 6.07. The van der Waals surface area contributed by atoms with Gasteiger partial charge < -0.3 is 15.4 Å². The van der Waals surface area contributed by atoms with Crippen LogP contribution in [0.3, 0.4) is 0 Å². The summed E-state index contributed by atoms with van der Waals surface area (Å²) >= 11 is 0. The predicted octanol–water partition coefficient (Wildman–Crippen LogP) is 1.20. The minimum atomic E-state index is -2.98. The molecule has 108 valence electrons. The second-order valence-electron chi connectivity index (χ2n) is 4.73. The van der Waals surface area contributed by atoms with Crippen molar-refractivity contribution in [2.75, 3.05) is 37.6 Å². The standard InChI is InChI=1S/C13H22N2O3S/c1-10(14)13-11(6-5-7-12(13)18-3)15(2)8-9-19(4,16)17/h5-7,10H,8-9,14H2,1-4H3/t10-/m1/s1. The average molecular weight is 286 g/mol. The van der Waals surface area contributed by atoms with Crippen molar-refractivity contribution in [2.24, 2.45) is 5.73 Å². The molecule has 1 aromatic carbocycles. The van der Waals surface area contributed by atoms with Gasteiger partial charge >= 0.3 is 0 Å². The van der Waals surface area contributed by atoms with Crippen LogP contribution in [0.4, 0.5) is 5.69 Å². The van der Waals surface area contributed by atoms with Crippen molar-refractivity contribution in [1.29, 1.82) is 0 Å². The topological polar surface area (TPSA) is 72.6 Å². The summed E-state index contributed by atoms with van der Waals surface area (Å²) in [5.74, 6) is 0.831. The molecule has 5 nitrogen and oxygen atoms in total. The summed E-state index contributed by atoms with van der Waals surface area (Å²) in [6, 6.07) is 5.46. The van der Waals surface area contributed by atoms with Crippen molar-refractivity contribution >= 4 is 15.5 Å². The van der Waals surface area contributed by atoms with Gasteiger partial charge in [-0.3, -0.25) is 0 Å². The lowest BCUT2D eigenvalue weighted by Gasteiger charge is -2.25. The molecule has 0 saturated heterocycles. The van der Waals surface area contributed by atoms with Crippen molar-refractivity contribution in [3.63, 3.8) is 0 Å². The second kappa shape index (κ2) is 6.25. The molecule has 2 N–H and O–H groups in total. The van der Waals surface area contributed by atoms with E-state index in [4.69, 9.17) is 10.5 Å². The molecular weight excluding hydrogens is 264 g/mol. The van der Waals surface area contributed by atoms with Gasteiger partial charge in [-0.1, -0.05) is 6.07 Å². The summed E-state index contributed by atoms with van der Waals surface area (Å²) in [6.07, 6.45) is 1.24. The molecule has 0 unspecified atom stereocenters. The summed E-state index contributed by atoms with van der Waals surface area (Å²) < 4.78 is 27.8. The molecule has 1 atom stereocenters. The molecule has 0 amide bonds. The number of anilines is 1. The van der Waals surface area contributed by atoms with Crippen molar-refractivity contribution < 1.29 is 13.2 Å². The molecule has 0 radical (unpaired) electrons. The lowest BCUT2D eigenvalue weighted by molar-refractivity contribution is 0.407. The van der Waals surface area contributed by atoms with Gasteiger partial charge in [0.25, 0.3) is 0 Å². The number of nitrogens with zero attached hydrogens (tertiary/aromatic N) is 1. The fourth-order valence-electron chi connectivity index (χ4n) is 1.92. The highest BCUT2D eigenvalue weighted by atomic mass is 32.2. The zero-order valence-electron chi connectivity index (χ0n) is 11.9. The van der Waals surface area contributed by atoms with Crippen molar-refractivity contribution in [3.8, 4) is 5.75 Å². The van der Waals surface area contributed by atoms with Gasteiger partial charge in [0.1, 0.15) is 15.6 Å². The van der Waals surface area contributed by atoms with Gasteiger partial charge in [-0.05, 0) is 19.1 Å². The lowest BCUT2D eigenvalue weighted by Crippen LogP contribution is -2.26. The van der Waals surface area contributed by atoms with Gasteiger partial charge in [0.15, 0.2) is 0 Å². The summed E-state index contributed by atoms with van der Waals surface area (Å²) in [5.41, 5.74) is 7.78. The van der Waals surface area contributed by atoms with E-state index in [1.165, 1.54) is 6.26 Å². The van der Waals surface area contributed by atoms with Crippen LogP contribution >= 0.6 is 0 Å². The van der Waals surface area contributed by atoms with Crippen molar-refractivity contribution in [2.45, 2.75) is 13.0 Å². The first-order valence-corrected chi connectivity index (χ1v) is 8.13. The summed E-state index contributed by atoms with van der Waals surface area (Å²) in [6.45, 7) is 2.30. The van der Waals surface area contributed by atoms with E-state index in [1.54, 1.807) is 7.11 Å². The zero-order valence-corrected chi connectivity index (χ0v) is 12.7. The first kappa shape index (κ1) is 15.8. The molecular formula is C13H22N2O3S. The van der Waals surface area contributed by atoms with Crippen LogP contribution in [0.2, 0.25) is 0 Å². The number of hydrogen-bond donors (Lipinski definition) is 1. The highest BCUT2D eigenvalue weighted by molar-refractivity contribution is 7.90. The average Bonchev–Trinajstić information content (AvgIpc) is 2.33. The third-order valence-electron chi connectivity index (χ3n) is 2.93. The minimum absolute atomic E-state index is 0.110. The zero-order chi connectivity index (χ0) is 14.6. The van der Waals surface area contributed by atoms with Gasteiger partial charge in [0.05, 0.1) is 12.9 Å². The highest BCUT2D eigenvalue weighted by Gasteiger charge is 2.16. The minimum Gasteiger partial charge on any atom is -0.496 e. The van der Waals surface area contributed by atoms with Crippen LogP contribution in [0.5, 0.6) is 5.75 Å². The number of hydrogen-bond acceptors (Lipinski definition) is 5. The molecule has 0 fully saturated rings. The Balaban J connectivity index is 3.05. The Morgan fingerprint density at radius 3 is 2.53 bits per heavy atom. The Morgan fingerprint density at radius 2 is 2.05 bits per heavy atom. The summed E-state index contributed by atoms with van der Waals surface area (Å²) in [7, 11) is 0.472. The van der Waals surface area contributed by atoms with Crippen LogP contribution in [0.15, 0.2) is 18.2 Å². The summed E-state index contributed by atoms with van der Waals surface area (Å²) in [5, 5.41) is 0. The number of benzene rings is 1. The molecule has 6 heteroatoms. The number of nitrogens with two attached hydrogens (primary N) is 1. The maximum Gasteiger partial charge on any atom is 0.149 e. The monoisotopic (exact) mass is 286 g/mol. The van der Waals surface area contributed by atoms with Crippen LogP contribution in [0.25, 0.3) is 0 Å². The molecule has 0 bridgehead atoms. The number of sulfone groups is 1. The van der Waals surface area contributed by atoms with Crippen LogP contribution in [0.1, 0.15) is 18.5 Å². The Morgan fingerprint density at radius 1 is 1.42 bits per heavy atom. The van der Waals surface area contributed by atoms with Gasteiger partial charge in [-0.15, -0.1) is 0 Å². The maximum atomic E-state index is 11.2. The normalized spacial score (nSPS) is 13.1. The molecule has 1 rings (SSSR count). The maximum absolute atomic E-state index is 11.2. The molecule has 0 saturated carbocycles. The number of ether oxygens (including phenoxy) is 1. The second-order valence-corrected chi connectivity index (χ2v) is 6.99. The van der Waals surface area contributed by atoms with E-state index in [0.717, 1.165) is 17.0 Å². The third kappa shape index (κ3) is 4.40. The molecule has 0 heterocycles. The lowest BCUT2D eigenvalue weighted by atomic mass is 10.0. The van der Waals surface area contributed by atoms with E-state index in [9.17, 15) is 8.42 Å². The van der Waals surface area contributed by atoms with E-state index in [2.05, 4.69) is 0 Å². The highest BCUT2D eigenvalue weighted by Crippen LogP contribution is 2.32. The first-order chi connectivity index (χ1) is 8.76. The Labute approximate surface area is 115 Å². The van der Waals surface area contributed by atoms with Gasteiger partial charge in [-0.25, -0.2) is 8.42 Å². The van der Waals surface area contributed by atoms with E-state index in [-0.39, 0.29) is 11.8 Å². The smallest absolute Gasteiger partial charge is 0.149 e. The van der Waals surface area contributed by atoms with Crippen LogP contribution in [-0.2, 0) is 9.84 Å². The quantitative estimate of drug-likeness (QED) is 0.850. The van der Waals surface area contributed by atoms with Crippen LogP contribution in [-0.4, -0.2) is 41.1 Å². The number of methoxy groups -OCH3 is 1. The fraction of sp³-hybridized carbons (Fsp3) is 0.538. The third-order valence-corrected chi connectivity index (χ3v) is 3.85. The van der Waals surface area contributed by atoms with E-state index in [0.29, 0.717) is 6.54 Å². The molecule has 0 spiro atoms. The fourth-order valence-corrected chi connectivity index (χ4v) is 2.53. The van der Waals surface area contributed by atoms with E-state index in [1.807, 2.05) is 37.1 Å². The van der Waals surface area contributed by atoms with E-state index >= 15 is 0 Å². The Kier molecular flexibility index (Phi) is 5.20.